The highest BCUT2D eigenvalue weighted by Gasteiger charge is 2.29. The lowest BCUT2D eigenvalue weighted by atomic mass is 10.2. The minimum absolute atomic E-state index is 0.00982. The van der Waals surface area contributed by atoms with Gasteiger partial charge in [-0.1, -0.05) is 0 Å². The molecule has 0 saturated heterocycles. The van der Waals surface area contributed by atoms with Gasteiger partial charge in [-0.15, -0.1) is 11.6 Å². The zero-order valence-electron chi connectivity index (χ0n) is 8.62. The van der Waals surface area contributed by atoms with Crippen LogP contribution in [-0.2, 0) is 0 Å². The number of carbonyl (C=O) groups is 1. The molecule has 1 unspecified atom stereocenters. The number of hydrogen-bond donors (Lipinski definition) is 1. The van der Waals surface area contributed by atoms with Crippen LogP contribution in [0.15, 0.2) is 18.3 Å². The zero-order chi connectivity index (χ0) is 11.5. The monoisotopic (exact) mass is 242 g/mol. The predicted octanol–water partition coefficient (Wildman–Crippen LogP) is 1.97. The lowest BCUT2D eigenvalue weighted by Gasteiger charge is -2.08. The molecular weight excluding hydrogens is 231 g/mol. The lowest BCUT2D eigenvalue weighted by Crippen LogP contribution is -2.31. The molecule has 16 heavy (non-hydrogen) atoms. The Morgan fingerprint density at radius 3 is 2.94 bits per heavy atom. The summed E-state index contributed by atoms with van der Waals surface area (Å²) in [6, 6.07) is 2.56. The second kappa shape index (κ2) is 4.78. The van der Waals surface area contributed by atoms with Gasteiger partial charge in [0.25, 0.3) is 5.91 Å². The van der Waals surface area contributed by atoms with E-state index in [0.717, 1.165) is 19.0 Å². The van der Waals surface area contributed by atoms with E-state index < -0.39 is 5.82 Å². The molecule has 0 spiro atoms. The van der Waals surface area contributed by atoms with E-state index in [0.29, 0.717) is 12.5 Å². The summed E-state index contributed by atoms with van der Waals surface area (Å²) in [5.74, 6) is -0.237. The SMILES string of the molecule is O=C(NCC(Cl)C1CC1)c1ccc(F)cn1. The zero-order valence-corrected chi connectivity index (χ0v) is 9.38. The quantitative estimate of drug-likeness (QED) is 0.821. The molecule has 1 aliphatic rings. The van der Waals surface area contributed by atoms with Crippen LogP contribution in [0.25, 0.3) is 0 Å². The molecule has 5 heteroatoms. The summed E-state index contributed by atoms with van der Waals surface area (Å²) in [5.41, 5.74) is 0.209. The Morgan fingerprint density at radius 2 is 2.38 bits per heavy atom. The standard InChI is InChI=1S/C11H12ClFN2O/c12-9(7-1-2-7)6-15-11(16)10-4-3-8(13)5-14-10/h3-5,7,9H,1-2,6H2,(H,15,16). The van der Waals surface area contributed by atoms with Crippen molar-refractivity contribution in [1.29, 1.82) is 0 Å². The van der Waals surface area contributed by atoms with Crippen molar-refractivity contribution in [2.24, 2.45) is 5.92 Å². The number of aromatic nitrogens is 1. The Hall–Kier alpha value is -1.16. The number of nitrogens with one attached hydrogen (secondary N) is 1. The number of amides is 1. The van der Waals surface area contributed by atoms with E-state index in [1.165, 1.54) is 12.1 Å². The Bertz CT molecular complexity index is 378. The van der Waals surface area contributed by atoms with Gasteiger partial charge in [0, 0.05) is 6.54 Å². The fraction of sp³-hybridized carbons (Fsp3) is 0.455. The maximum absolute atomic E-state index is 12.6. The van der Waals surface area contributed by atoms with Gasteiger partial charge in [-0.05, 0) is 30.9 Å². The van der Waals surface area contributed by atoms with Gasteiger partial charge in [-0.25, -0.2) is 9.37 Å². The second-order valence-corrected chi connectivity index (χ2v) is 4.49. The first kappa shape index (κ1) is 11.3. The summed E-state index contributed by atoms with van der Waals surface area (Å²) < 4.78 is 12.6. The molecule has 1 amide bonds. The van der Waals surface area contributed by atoms with Gasteiger partial charge in [0.2, 0.25) is 0 Å². The fourth-order valence-electron chi connectivity index (χ4n) is 1.42. The van der Waals surface area contributed by atoms with Gasteiger partial charge >= 0.3 is 0 Å². The number of hydrogen-bond acceptors (Lipinski definition) is 2. The number of carbonyl (C=O) groups excluding carboxylic acids is 1. The normalized spacial score (nSPS) is 16.9. The highest BCUT2D eigenvalue weighted by atomic mass is 35.5. The summed E-state index contributed by atoms with van der Waals surface area (Å²) in [4.78, 5) is 15.2. The van der Waals surface area contributed by atoms with Crippen LogP contribution < -0.4 is 5.32 Å². The van der Waals surface area contributed by atoms with Crippen LogP contribution in [-0.4, -0.2) is 22.8 Å². The van der Waals surface area contributed by atoms with Crippen LogP contribution in [0.1, 0.15) is 23.3 Å². The molecule has 0 aromatic carbocycles. The van der Waals surface area contributed by atoms with E-state index in [1.807, 2.05) is 0 Å². The number of rotatable bonds is 4. The summed E-state index contributed by atoms with van der Waals surface area (Å²) >= 11 is 6.04. The molecule has 1 aromatic heterocycles. The molecule has 1 N–H and O–H groups in total. The van der Waals surface area contributed by atoms with E-state index in [9.17, 15) is 9.18 Å². The first-order valence-corrected chi connectivity index (χ1v) is 5.64. The van der Waals surface area contributed by atoms with Gasteiger partial charge in [0.15, 0.2) is 0 Å². The third-order valence-electron chi connectivity index (χ3n) is 2.55. The molecule has 1 atom stereocenters. The average Bonchev–Trinajstić information content (AvgIpc) is 3.10. The number of alkyl halides is 1. The topological polar surface area (TPSA) is 42.0 Å². The summed E-state index contributed by atoms with van der Waals surface area (Å²) in [7, 11) is 0. The molecule has 2 rings (SSSR count). The van der Waals surface area contributed by atoms with Crippen molar-refractivity contribution < 1.29 is 9.18 Å². The van der Waals surface area contributed by atoms with Gasteiger partial charge in [-0.3, -0.25) is 4.79 Å². The molecule has 0 bridgehead atoms. The van der Waals surface area contributed by atoms with E-state index >= 15 is 0 Å². The van der Waals surface area contributed by atoms with Crippen LogP contribution in [0.3, 0.4) is 0 Å². The number of halogens is 2. The van der Waals surface area contributed by atoms with Gasteiger partial charge < -0.3 is 5.32 Å². The molecular formula is C11H12ClFN2O. The molecule has 1 saturated carbocycles. The minimum atomic E-state index is -0.454. The van der Waals surface area contributed by atoms with Gasteiger partial charge in [-0.2, -0.15) is 0 Å². The van der Waals surface area contributed by atoms with Gasteiger partial charge in [0.1, 0.15) is 11.5 Å². The minimum Gasteiger partial charge on any atom is -0.349 e. The largest absolute Gasteiger partial charge is 0.349 e. The van der Waals surface area contributed by atoms with Crippen LogP contribution in [0.2, 0.25) is 0 Å². The predicted molar refractivity (Wildman–Crippen MR) is 58.9 cm³/mol. The van der Waals surface area contributed by atoms with Gasteiger partial charge in [0.05, 0.1) is 11.6 Å². The van der Waals surface area contributed by atoms with Crippen molar-refractivity contribution in [2.45, 2.75) is 18.2 Å². The van der Waals surface area contributed by atoms with Crippen molar-refractivity contribution in [1.82, 2.24) is 10.3 Å². The average molecular weight is 243 g/mol. The molecule has 86 valence electrons. The Morgan fingerprint density at radius 1 is 1.62 bits per heavy atom. The molecule has 1 aromatic rings. The first-order chi connectivity index (χ1) is 7.66. The molecule has 3 nitrogen and oxygen atoms in total. The van der Waals surface area contributed by atoms with Crippen LogP contribution in [0.4, 0.5) is 4.39 Å². The van der Waals surface area contributed by atoms with Crippen molar-refractivity contribution in [2.75, 3.05) is 6.54 Å². The smallest absolute Gasteiger partial charge is 0.269 e. The van der Waals surface area contributed by atoms with E-state index in [1.54, 1.807) is 0 Å². The van der Waals surface area contributed by atoms with Crippen molar-refractivity contribution >= 4 is 17.5 Å². The first-order valence-electron chi connectivity index (χ1n) is 5.20. The number of pyridine rings is 1. The van der Waals surface area contributed by atoms with Crippen LogP contribution in [0, 0.1) is 11.7 Å². The van der Waals surface area contributed by atoms with Crippen molar-refractivity contribution in [3.8, 4) is 0 Å². The molecule has 1 aliphatic carbocycles. The van der Waals surface area contributed by atoms with Crippen LogP contribution >= 0.6 is 11.6 Å². The second-order valence-electron chi connectivity index (χ2n) is 3.93. The Balaban J connectivity index is 1.85. The summed E-state index contributed by atoms with van der Waals surface area (Å²) in [5, 5.41) is 2.67. The molecule has 0 radical (unpaired) electrons. The maximum Gasteiger partial charge on any atom is 0.269 e. The van der Waals surface area contributed by atoms with Crippen molar-refractivity contribution in [3.05, 3.63) is 29.8 Å². The number of nitrogens with zero attached hydrogens (tertiary/aromatic N) is 1. The third kappa shape index (κ3) is 2.92. The third-order valence-corrected chi connectivity index (χ3v) is 3.06. The molecule has 1 heterocycles. The highest BCUT2D eigenvalue weighted by molar-refractivity contribution is 6.21. The summed E-state index contributed by atoms with van der Waals surface area (Å²) in [6.45, 7) is 0.435. The lowest BCUT2D eigenvalue weighted by molar-refractivity contribution is 0.0948. The van der Waals surface area contributed by atoms with E-state index in [-0.39, 0.29) is 17.0 Å². The molecule has 1 fully saturated rings. The molecule has 0 aliphatic heterocycles. The maximum atomic E-state index is 12.6. The highest BCUT2D eigenvalue weighted by Crippen LogP contribution is 2.35. The van der Waals surface area contributed by atoms with E-state index in [4.69, 9.17) is 11.6 Å². The fourth-order valence-corrected chi connectivity index (χ4v) is 1.74. The Labute approximate surface area is 98.0 Å². The van der Waals surface area contributed by atoms with E-state index in [2.05, 4.69) is 10.3 Å². The Kier molecular flexibility index (Phi) is 3.39. The van der Waals surface area contributed by atoms with Crippen LogP contribution in [0.5, 0.6) is 0 Å². The summed E-state index contributed by atoms with van der Waals surface area (Å²) in [6.07, 6.45) is 3.30. The van der Waals surface area contributed by atoms with Crippen molar-refractivity contribution in [3.63, 3.8) is 0 Å².